The molecular formula is C14H19ClF3N3. The van der Waals surface area contributed by atoms with Crippen molar-refractivity contribution < 1.29 is 13.2 Å². The lowest BCUT2D eigenvalue weighted by molar-refractivity contribution is -0.137. The van der Waals surface area contributed by atoms with Crippen LogP contribution in [0.3, 0.4) is 0 Å². The molecule has 3 nitrogen and oxygen atoms in total. The minimum Gasteiger partial charge on any atom is -0.384 e. The molecule has 0 spiro atoms. The summed E-state index contributed by atoms with van der Waals surface area (Å²) in [6, 6.07) is 3.91. The van der Waals surface area contributed by atoms with E-state index in [1.54, 1.807) is 6.07 Å². The largest absolute Gasteiger partial charge is 0.417 e. The van der Waals surface area contributed by atoms with Crippen LogP contribution in [-0.4, -0.2) is 56.1 Å². The number of nitrogens with one attached hydrogen (secondary N) is 1. The number of piperazine rings is 1. The Morgan fingerprint density at radius 1 is 1.19 bits per heavy atom. The number of benzene rings is 1. The van der Waals surface area contributed by atoms with Gasteiger partial charge in [-0.15, -0.1) is 0 Å². The topological polar surface area (TPSA) is 18.5 Å². The van der Waals surface area contributed by atoms with Crippen molar-refractivity contribution in [1.82, 2.24) is 9.80 Å². The van der Waals surface area contributed by atoms with Gasteiger partial charge in [-0.2, -0.15) is 13.2 Å². The van der Waals surface area contributed by atoms with E-state index in [0.717, 1.165) is 38.8 Å². The third kappa shape index (κ3) is 4.76. The summed E-state index contributed by atoms with van der Waals surface area (Å²) in [6.45, 7) is 5.47. The molecule has 1 aliphatic rings. The number of alkyl halides is 3. The fourth-order valence-corrected chi connectivity index (χ4v) is 2.51. The van der Waals surface area contributed by atoms with Gasteiger partial charge in [0.25, 0.3) is 0 Å². The molecule has 1 aliphatic heterocycles. The zero-order valence-electron chi connectivity index (χ0n) is 11.9. The highest BCUT2D eigenvalue weighted by Gasteiger charge is 2.33. The highest BCUT2D eigenvalue weighted by Crippen LogP contribution is 2.36. The van der Waals surface area contributed by atoms with Gasteiger partial charge in [0.1, 0.15) is 0 Å². The lowest BCUT2D eigenvalue weighted by Gasteiger charge is -2.32. The van der Waals surface area contributed by atoms with Crippen LogP contribution >= 0.6 is 11.6 Å². The van der Waals surface area contributed by atoms with Crippen molar-refractivity contribution in [2.75, 3.05) is 51.6 Å². The molecule has 2 rings (SSSR count). The van der Waals surface area contributed by atoms with Crippen molar-refractivity contribution >= 4 is 17.3 Å². The molecule has 1 fully saturated rings. The van der Waals surface area contributed by atoms with E-state index in [4.69, 9.17) is 11.6 Å². The smallest absolute Gasteiger partial charge is 0.384 e. The first-order valence-corrected chi connectivity index (χ1v) is 7.25. The van der Waals surface area contributed by atoms with E-state index >= 15 is 0 Å². The van der Waals surface area contributed by atoms with Crippen LogP contribution in [-0.2, 0) is 6.18 Å². The van der Waals surface area contributed by atoms with Crippen LogP contribution < -0.4 is 5.32 Å². The van der Waals surface area contributed by atoms with E-state index in [9.17, 15) is 13.2 Å². The van der Waals surface area contributed by atoms with Crippen LogP contribution in [0.4, 0.5) is 18.9 Å². The number of hydrogen-bond acceptors (Lipinski definition) is 3. The Labute approximate surface area is 127 Å². The first kappa shape index (κ1) is 16.4. The van der Waals surface area contributed by atoms with Gasteiger partial charge >= 0.3 is 6.18 Å². The second-order valence-electron chi connectivity index (χ2n) is 5.26. The molecular weight excluding hydrogens is 303 g/mol. The zero-order chi connectivity index (χ0) is 15.5. The van der Waals surface area contributed by atoms with Crippen LogP contribution in [0.1, 0.15) is 5.56 Å². The van der Waals surface area contributed by atoms with Crippen LogP contribution in [0.5, 0.6) is 0 Å². The molecule has 1 aromatic rings. The molecule has 1 saturated heterocycles. The summed E-state index contributed by atoms with van der Waals surface area (Å²) >= 11 is 5.59. The molecule has 21 heavy (non-hydrogen) atoms. The average molecular weight is 322 g/mol. The maximum atomic E-state index is 12.8. The summed E-state index contributed by atoms with van der Waals surface area (Å²) in [5, 5.41) is 2.76. The Hall–Kier alpha value is -0.980. The second-order valence-corrected chi connectivity index (χ2v) is 5.67. The molecule has 1 N–H and O–H groups in total. The van der Waals surface area contributed by atoms with Crippen LogP contribution in [0, 0.1) is 0 Å². The summed E-state index contributed by atoms with van der Waals surface area (Å²) in [4.78, 5) is 4.56. The zero-order valence-corrected chi connectivity index (χ0v) is 12.6. The Bertz CT molecular complexity index is 471. The second kappa shape index (κ2) is 6.85. The van der Waals surface area contributed by atoms with Crippen molar-refractivity contribution in [2.24, 2.45) is 0 Å². The molecule has 0 atom stereocenters. The first-order chi connectivity index (χ1) is 9.86. The van der Waals surface area contributed by atoms with E-state index in [1.807, 2.05) is 0 Å². The predicted molar refractivity (Wildman–Crippen MR) is 78.9 cm³/mol. The molecule has 0 unspecified atom stereocenters. The van der Waals surface area contributed by atoms with Crippen LogP contribution in [0.2, 0.25) is 5.02 Å². The van der Waals surface area contributed by atoms with E-state index in [2.05, 4.69) is 22.2 Å². The molecule has 0 aromatic heterocycles. The van der Waals surface area contributed by atoms with E-state index < -0.39 is 11.7 Å². The molecule has 0 bridgehead atoms. The Morgan fingerprint density at radius 3 is 2.48 bits per heavy atom. The average Bonchev–Trinajstić information content (AvgIpc) is 2.41. The van der Waals surface area contributed by atoms with E-state index in [0.29, 0.717) is 12.2 Å². The molecule has 118 valence electrons. The molecule has 7 heteroatoms. The summed E-state index contributed by atoms with van der Waals surface area (Å²) in [7, 11) is 2.09. The summed E-state index contributed by atoms with van der Waals surface area (Å²) in [6.07, 6.45) is -4.42. The first-order valence-electron chi connectivity index (χ1n) is 6.88. The number of rotatable bonds is 4. The number of anilines is 1. The van der Waals surface area contributed by atoms with Crippen molar-refractivity contribution in [2.45, 2.75) is 6.18 Å². The lowest BCUT2D eigenvalue weighted by atomic mass is 10.2. The SMILES string of the molecule is CN1CCN(CCNc2ccc(Cl)c(C(F)(F)F)c2)CC1. The minimum atomic E-state index is -4.42. The van der Waals surface area contributed by atoms with Gasteiger partial charge in [0, 0.05) is 45.0 Å². The van der Waals surface area contributed by atoms with Gasteiger partial charge in [-0.1, -0.05) is 11.6 Å². The molecule has 0 amide bonds. The van der Waals surface area contributed by atoms with Crippen molar-refractivity contribution in [3.05, 3.63) is 28.8 Å². The lowest BCUT2D eigenvalue weighted by Crippen LogP contribution is -2.45. The number of likely N-dealkylation sites (N-methyl/N-ethyl adjacent to an activating group) is 1. The van der Waals surface area contributed by atoms with Crippen molar-refractivity contribution in [3.63, 3.8) is 0 Å². The fourth-order valence-electron chi connectivity index (χ4n) is 2.28. The third-order valence-corrected chi connectivity index (χ3v) is 3.95. The third-order valence-electron chi connectivity index (χ3n) is 3.62. The molecule has 0 aliphatic carbocycles. The highest BCUT2D eigenvalue weighted by molar-refractivity contribution is 6.31. The van der Waals surface area contributed by atoms with Gasteiger partial charge in [-0.05, 0) is 25.2 Å². The van der Waals surface area contributed by atoms with Crippen LogP contribution in [0.25, 0.3) is 0 Å². The van der Waals surface area contributed by atoms with E-state index in [-0.39, 0.29) is 5.02 Å². The van der Waals surface area contributed by atoms with Crippen molar-refractivity contribution in [3.8, 4) is 0 Å². The number of nitrogens with zero attached hydrogens (tertiary/aromatic N) is 2. The summed E-state index contributed by atoms with van der Waals surface area (Å²) in [5.41, 5.74) is -0.352. The standard InChI is InChI=1S/C14H19ClF3N3/c1-20-6-8-21(9-7-20)5-4-19-11-2-3-13(15)12(10-11)14(16,17)18/h2-3,10,19H,4-9H2,1H3. The number of halogens is 4. The van der Waals surface area contributed by atoms with Gasteiger partial charge in [0.05, 0.1) is 10.6 Å². The Morgan fingerprint density at radius 2 is 1.86 bits per heavy atom. The molecule has 0 saturated carbocycles. The summed E-state index contributed by atoms with van der Waals surface area (Å²) < 4.78 is 38.3. The fraction of sp³-hybridized carbons (Fsp3) is 0.571. The number of hydrogen-bond donors (Lipinski definition) is 1. The van der Waals surface area contributed by atoms with Gasteiger partial charge in [0.15, 0.2) is 0 Å². The van der Waals surface area contributed by atoms with Crippen molar-refractivity contribution in [1.29, 1.82) is 0 Å². The van der Waals surface area contributed by atoms with Gasteiger partial charge in [-0.25, -0.2) is 0 Å². The normalized spacial score (nSPS) is 18.0. The molecule has 1 aromatic carbocycles. The molecule has 0 radical (unpaired) electrons. The van der Waals surface area contributed by atoms with Gasteiger partial charge < -0.3 is 10.2 Å². The van der Waals surface area contributed by atoms with E-state index in [1.165, 1.54) is 6.07 Å². The van der Waals surface area contributed by atoms with Gasteiger partial charge in [-0.3, -0.25) is 4.90 Å². The maximum absolute atomic E-state index is 12.8. The van der Waals surface area contributed by atoms with Crippen LogP contribution in [0.15, 0.2) is 18.2 Å². The monoisotopic (exact) mass is 321 g/mol. The maximum Gasteiger partial charge on any atom is 0.417 e. The predicted octanol–water partition coefficient (Wildman–Crippen LogP) is 3.02. The Kier molecular flexibility index (Phi) is 5.35. The quantitative estimate of drug-likeness (QED) is 0.919. The summed E-state index contributed by atoms with van der Waals surface area (Å²) in [5.74, 6) is 0. The minimum absolute atomic E-state index is 0.271. The molecule has 1 heterocycles. The highest BCUT2D eigenvalue weighted by atomic mass is 35.5. The van der Waals surface area contributed by atoms with Gasteiger partial charge in [0.2, 0.25) is 0 Å². The Balaban J connectivity index is 1.86.